The number of aryl methyl sites for hydroxylation is 1. The molecule has 0 amide bonds. The van der Waals surface area contributed by atoms with Gasteiger partial charge in [0, 0.05) is 9.45 Å². The second kappa shape index (κ2) is 5.20. The smallest absolute Gasteiger partial charge is 0.0443 e. The van der Waals surface area contributed by atoms with Crippen molar-refractivity contribution in [3.05, 3.63) is 34.3 Å². The van der Waals surface area contributed by atoms with Crippen molar-refractivity contribution in [3.63, 3.8) is 0 Å². The van der Waals surface area contributed by atoms with E-state index < -0.39 is 0 Å². The average Bonchev–Trinajstić information content (AvgIpc) is 2.04. The summed E-state index contributed by atoms with van der Waals surface area (Å²) in [6.07, 6.45) is 1.12. The molecule has 0 aliphatic heterocycles. The molecule has 0 N–H and O–H groups in total. The Kier molecular flexibility index (Phi) is 4.53. The molecule has 0 heterocycles. The van der Waals surface area contributed by atoms with Crippen LogP contribution in [0, 0.1) is 0 Å². The van der Waals surface area contributed by atoms with E-state index in [1.807, 2.05) is 12.1 Å². The predicted molar refractivity (Wildman–Crippen MR) is 68.1 cm³/mol. The molecule has 0 atom stereocenters. The quantitative estimate of drug-likeness (QED) is 0.572. The molecule has 13 heavy (non-hydrogen) atoms. The van der Waals surface area contributed by atoms with E-state index >= 15 is 0 Å². The zero-order valence-corrected chi connectivity index (χ0v) is 10.9. The molecule has 0 bridgehead atoms. The highest BCUT2D eigenvalue weighted by Gasteiger charge is 2.09. The Labute approximate surface area is 98.8 Å². The average molecular weight is 309 g/mol. The normalized spacial score (nSPS) is 10.8. The Morgan fingerprint density at radius 1 is 1.38 bits per heavy atom. The SMILES string of the molecule is CC(C)c1c(Cl)cccc1CCI. The van der Waals surface area contributed by atoms with Crippen LogP contribution >= 0.6 is 34.2 Å². The molecule has 0 spiro atoms. The molecule has 0 saturated heterocycles. The maximum absolute atomic E-state index is 6.16. The van der Waals surface area contributed by atoms with Gasteiger partial charge in [0.2, 0.25) is 0 Å². The minimum atomic E-state index is 0.520. The van der Waals surface area contributed by atoms with Crippen molar-refractivity contribution in [3.8, 4) is 0 Å². The van der Waals surface area contributed by atoms with Crippen LogP contribution < -0.4 is 0 Å². The van der Waals surface area contributed by atoms with Crippen LogP contribution in [0.5, 0.6) is 0 Å². The first-order chi connectivity index (χ1) is 6.16. The molecule has 0 radical (unpaired) electrons. The van der Waals surface area contributed by atoms with Crippen LogP contribution in [0.3, 0.4) is 0 Å². The monoisotopic (exact) mass is 308 g/mol. The highest BCUT2D eigenvalue weighted by atomic mass is 127. The highest BCUT2D eigenvalue weighted by Crippen LogP contribution is 2.28. The summed E-state index contributed by atoms with van der Waals surface area (Å²) >= 11 is 8.56. The van der Waals surface area contributed by atoms with E-state index in [1.54, 1.807) is 0 Å². The van der Waals surface area contributed by atoms with Crippen LogP contribution in [0.4, 0.5) is 0 Å². The molecule has 1 rings (SSSR count). The van der Waals surface area contributed by atoms with Gasteiger partial charge in [-0.05, 0) is 29.5 Å². The molecule has 2 heteroatoms. The summed E-state index contributed by atoms with van der Waals surface area (Å²) in [5.74, 6) is 0.520. The molecule has 0 nitrogen and oxygen atoms in total. The molecular weight excluding hydrogens is 294 g/mol. The molecule has 1 aromatic rings. The first kappa shape index (κ1) is 11.3. The predicted octanol–water partition coefficient (Wildman–Crippen LogP) is 4.44. The maximum atomic E-state index is 6.16. The van der Waals surface area contributed by atoms with Crippen molar-refractivity contribution in [1.29, 1.82) is 0 Å². The summed E-state index contributed by atoms with van der Waals surface area (Å²) in [4.78, 5) is 0. The number of halogens is 2. The van der Waals surface area contributed by atoms with Crippen molar-refractivity contribution in [2.75, 3.05) is 4.43 Å². The van der Waals surface area contributed by atoms with Crippen molar-refractivity contribution in [2.45, 2.75) is 26.2 Å². The Morgan fingerprint density at radius 2 is 2.08 bits per heavy atom. The molecule has 0 aromatic heterocycles. The summed E-state index contributed by atoms with van der Waals surface area (Å²) in [5, 5.41) is 0.914. The van der Waals surface area contributed by atoms with Gasteiger partial charge in [0.25, 0.3) is 0 Å². The summed E-state index contributed by atoms with van der Waals surface area (Å²) in [7, 11) is 0. The minimum Gasteiger partial charge on any atom is -0.0860 e. The number of rotatable bonds is 3. The third-order valence-corrected chi connectivity index (χ3v) is 2.95. The van der Waals surface area contributed by atoms with Gasteiger partial charge in [-0.25, -0.2) is 0 Å². The van der Waals surface area contributed by atoms with E-state index in [-0.39, 0.29) is 0 Å². The molecular formula is C11H14ClI. The van der Waals surface area contributed by atoms with Gasteiger partial charge in [-0.1, -0.05) is 60.2 Å². The van der Waals surface area contributed by atoms with Gasteiger partial charge in [-0.15, -0.1) is 0 Å². The van der Waals surface area contributed by atoms with Crippen molar-refractivity contribution in [2.24, 2.45) is 0 Å². The van der Waals surface area contributed by atoms with Gasteiger partial charge in [-0.2, -0.15) is 0 Å². The highest BCUT2D eigenvalue weighted by molar-refractivity contribution is 14.1. The molecule has 1 aromatic carbocycles. The molecule has 0 saturated carbocycles. The van der Waals surface area contributed by atoms with E-state index in [2.05, 4.69) is 42.5 Å². The van der Waals surface area contributed by atoms with Gasteiger partial charge in [0.15, 0.2) is 0 Å². The summed E-state index contributed by atoms with van der Waals surface area (Å²) < 4.78 is 1.15. The second-order valence-corrected chi connectivity index (χ2v) is 4.89. The number of benzene rings is 1. The van der Waals surface area contributed by atoms with E-state index in [0.29, 0.717) is 5.92 Å². The topological polar surface area (TPSA) is 0 Å². The van der Waals surface area contributed by atoms with Gasteiger partial charge in [0.1, 0.15) is 0 Å². The fraction of sp³-hybridized carbons (Fsp3) is 0.455. The van der Waals surface area contributed by atoms with Crippen LogP contribution in [0.15, 0.2) is 18.2 Å². The third kappa shape index (κ3) is 2.84. The standard InChI is InChI=1S/C11H14ClI/c1-8(2)11-9(6-7-13)4-3-5-10(11)12/h3-5,8H,6-7H2,1-2H3. The lowest BCUT2D eigenvalue weighted by Gasteiger charge is -2.13. The Hall–Kier alpha value is 0.240. The van der Waals surface area contributed by atoms with E-state index in [0.717, 1.165) is 15.9 Å². The van der Waals surface area contributed by atoms with Crippen LogP contribution in [0.1, 0.15) is 30.9 Å². The molecule has 0 aliphatic carbocycles. The van der Waals surface area contributed by atoms with Crippen LogP contribution in [0.25, 0.3) is 0 Å². The van der Waals surface area contributed by atoms with Gasteiger partial charge >= 0.3 is 0 Å². The van der Waals surface area contributed by atoms with Crippen LogP contribution in [0.2, 0.25) is 5.02 Å². The molecule has 0 unspecified atom stereocenters. The van der Waals surface area contributed by atoms with E-state index in [9.17, 15) is 0 Å². The summed E-state index contributed by atoms with van der Waals surface area (Å²) in [5.41, 5.74) is 2.72. The lowest BCUT2D eigenvalue weighted by molar-refractivity contribution is 0.847. The molecule has 0 aliphatic rings. The first-order valence-electron chi connectivity index (χ1n) is 4.50. The van der Waals surface area contributed by atoms with Gasteiger partial charge < -0.3 is 0 Å². The van der Waals surface area contributed by atoms with E-state index in [4.69, 9.17) is 11.6 Å². The fourth-order valence-electron chi connectivity index (χ4n) is 1.55. The summed E-state index contributed by atoms with van der Waals surface area (Å²) in [6, 6.07) is 6.20. The second-order valence-electron chi connectivity index (χ2n) is 3.41. The third-order valence-electron chi connectivity index (χ3n) is 2.08. The van der Waals surface area contributed by atoms with Crippen LogP contribution in [-0.2, 0) is 6.42 Å². The number of hydrogen-bond acceptors (Lipinski definition) is 0. The van der Waals surface area contributed by atoms with Crippen LogP contribution in [-0.4, -0.2) is 4.43 Å². The van der Waals surface area contributed by atoms with Gasteiger partial charge in [0.05, 0.1) is 0 Å². The lowest BCUT2D eigenvalue weighted by Crippen LogP contribution is -1.98. The fourth-order valence-corrected chi connectivity index (χ4v) is 2.54. The summed E-state index contributed by atoms with van der Waals surface area (Å²) in [6.45, 7) is 4.38. The van der Waals surface area contributed by atoms with Crippen molar-refractivity contribution in [1.82, 2.24) is 0 Å². The maximum Gasteiger partial charge on any atom is 0.0443 e. The Bertz CT molecular complexity index is 281. The van der Waals surface area contributed by atoms with Gasteiger partial charge in [-0.3, -0.25) is 0 Å². The first-order valence-corrected chi connectivity index (χ1v) is 6.40. The Balaban J connectivity index is 3.10. The number of alkyl halides is 1. The zero-order chi connectivity index (χ0) is 9.84. The largest absolute Gasteiger partial charge is 0.0860 e. The molecule has 72 valence electrons. The number of hydrogen-bond donors (Lipinski definition) is 0. The molecule has 0 fully saturated rings. The lowest BCUT2D eigenvalue weighted by atomic mass is 9.96. The van der Waals surface area contributed by atoms with E-state index in [1.165, 1.54) is 11.1 Å². The Morgan fingerprint density at radius 3 is 2.62 bits per heavy atom. The van der Waals surface area contributed by atoms with Crippen molar-refractivity contribution < 1.29 is 0 Å². The minimum absolute atomic E-state index is 0.520. The zero-order valence-electron chi connectivity index (χ0n) is 7.98. The van der Waals surface area contributed by atoms with Crippen molar-refractivity contribution >= 4 is 34.2 Å².